The van der Waals surface area contributed by atoms with Crippen molar-refractivity contribution in [2.45, 2.75) is 52.2 Å². The van der Waals surface area contributed by atoms with E-state index in [0.717, 1.165) is 34.3 Å². The van der Waals surface area contributed by atoms with Crippen LogP contribution in [0.2, 0.25) is 0 Å². The van der Waals surface area contributed by atoms with Crippen molar-refractivity contribution in [1.29, 1.82) is 0 Å². The van der Waals surface area contributed by atoms with Gasteiger partial charge >= 0.3 is 5.97 Å². The van der Waals surface area contributed by atoms with Gasteiger partial charge in [0.15, 0.2) is 0 Å². The fraction of sp³-hybridized carbons (Fsp3) is 0.417. The summed E-state index contributed by atoms with van der Waals surface area (Å²) in [6, 6.07) is 10.9. The number of nitrogens with zero attached hydrogens (tertiary/aromatic N) is 1. The third-order valence-corrected chi connectivity index (χ3v) is 5.75. The molecule has 8 heteroatoms. The monoisotopic (exact) mass is 456 g/mol. The van der Waals surface area contributed by atoms with Gasteiger partial charge in [-0.1, -0.05) is 32.0 Å². The van der Waals surface area contributed by atoms with Crippen LogP contribution >= 0.6 is 11.8 Å². The Morgan fingerprint density at radius 3 is 2.47 bits per heavy atom. The van der Waals surface area contributed by atoms with E-state index in [4.69, 9.17) is 9.47 Å². The number of hydrogen-bond donors (Lipinski definition) is 1. The summed E-state index contributed by atoms with van der Waals surface area (Å²) in [5, 5.41) is 2.23. The first-order valence-corrected chi connectivity index (χ1v) is 11.5. The molecule has 170 valence electrons. The molecule has 1 saturated heterocycles. The number of thioether (sulfide) groups is 1. The predicted molar refractivity (Wildman–Crippen MR) is 122 cm³/mol. The smallest absolute Gasteiger partial charge is 0.306 e. The Kier molecular flexibility index (Phi) is 8.27. The van der Waals surface area contributed by atoms with Gasteiger partial charge in [0.25, 0.3) is 5.24 Å². The lowest BCUT2D eigenvalue weighted by atomic mass is 10.1. The average Bonchev–Trinajstić information content (AvgIpc) is 3.05. The quantitative estimate of drug-likeness (QED) is 0.534. The molecule has 0 spiro atoms. The van der Waals surface area contributed by atoms with Crippen LogP contribution in [0.3, 0.4) is 0 Å². The molecule has 0 saturated carbocycles. The van der Waals surface area contributed by atoms with Crippen molar-refractivity contribution in [1.82, 2.24) is 10.3 Å². The van der Waals surface area contributed by atoms with E-state index in [1.165, 1.54) is 0 Å². The van der Waals surface area contributed by atoms with E-state index in [9.17, 15) is 14.4 Å². The molecule has 2 aromatic rings. The molecule has 0 aliphatic carbocycles. The largest absolute Gasteiger partial charge is 0.493 e. The summed E-state index contributed by atoms with van der Waals surface area (Å²) >= 11 is 0.725. The molecule has 1 aromatic carbocycles. The van der Waals surface area contributed by atoms with Crippen molar-refractivity contribution in [3.8, 4) is 5.75 Å². The number of esters is 1. The lowest BCUT2D eigenvalue weighted by Gasteiger charge is -2.14. The van der Waals surface area contributed by atoms with Crippen LogP contribution in [0.25, 0.3) is 0 Å². The van der Waals surface area contributed by atoms with Crippen molar-refractivity contribution in [2.75, 3.05) is 6.61 Å². The molecule has 1 N–H and O–H groups in total. The highest BCUT2D eigenvalue weighted by Gasteiger charge is 2.31. The standard InChI is InChI=1S/C24H28N2O5S/c1-15(2)12-22(27)31-16(3)18-6-7-19(25-14-18)10-11-30-20-8-4-17(5-9-20)13-21-23(28)32-24(29)26-21/h4-9,14-16,21H,10-13H2,1-3H3,(H,26,29). The van der Waals surface area contributed by atoms with Gasteiger partial charge in [-0.25, -0.2) is 0 Å². The van der Waals surface area contributed by atoms with Crippen LogP contribution in [0.15, 0.2) is 42.6 Å². The highest BCUT2D eigenvalue weighted by molar-refractivity contribution is 8.26. The maximum atomic E-state index is 11.8. The van der Waals surface area contributed by atoms with Crippen LogP contribution in [0.4, 0.5) is 4.79 Å². The number of rotatable bonds is 10. The molecule has 1 amide bonds. The number of amides is 1. The molecule has 1 fully saturated rings. The molecule has 2 unspecified atom stereocenters. The Hall–Kier alpha value is -2.87. The van der Waals surface area contributed by atoms with Gasteiger partial charge in [0.2, 0.25) is 5.12 Å². The second kappa shape index (κ2) is 11.1. The zero-order valence-corrected chi connectivity index (χ0v) is 19.3. The predicted octanol–water partition coefficient (Wildman–Crippen LogP) is 4.25. The van der Waals surface area contributed by atoms with Crippen molar-refractivity contribution in [2.24, 2.45) is 5.92 Å². The van der Waals surface area contributed by atoms with Gasteiger partial charge in [-0.3, -0.25) is 19.4 Å². The number of ether oxygens (including phenoxy) is 2. The van der Waals surface area contributed by atoms with Gasteiger partial charge in [0.1, 0.15) is 17.9 Å². The molecule has 0 radical (unpaired) electrons. The van der Waals surface area contributed by atoms with Gasteiger partial charge in [-0.05, 0) is 36.6 Å². The van der Waals surface area contributed by atoms with Crippen LogP contribution in [0.5, 0.6) is 5.75 Å². The fourth-order valence-corrected chi connectivity index (χ4v) is 3.90. The summed E-state index contributed by atoms with van der Waals surface area (Å²) in [6.07, 6.45) is 2.92. The number of nitrogens with one attached hydrogen (secondary N) is 1. The second-order valence-corrected chi connectivity index (χ2v) is 9.14. The van der Waals surface area contributed by atoms with Crippen LogP contribution in [-0.4, -0.2) is 34.0 Å². The minimum Gasteiger partial charge on any atom is -0.493 e. The van der Waals surface area contributed by atoms with Crippen LogP contribution in [0.1, 0.15) is 50.1 Å². The summed E-state index contributed by atoms with van der Waals surface area (Å²) < 4.78 is 11.2. The van der Waals surface area contributed by atoms with Gasteiger partial charge in [-0.2, -0.15) is 0 Å². The SMILES string of the molecule is CC(C)CC(=O)OC(C)c1ccc(CCOc2ccc(CC3NC(=O)SC3=O)cc2)nc1. The Morgan fingerprint density at radius 1 is 1.12 bits per heavy atom. The number of carbonyl (C=O) groups is 3. The molecule has 0 bridgehead atoms. The van der Waals surface area contributed by atoms with Crippen molar-refractivity contribution >= 4 is 28.1 Å². The lowest BCUT2D eigenvalue weighted by molar-refractivity contribution is -0.149. The molecule has 1 aliphatic rings. The van der Waals surface area contributed by atoms with Crippen molar-refractivity contribution in [3.05, 3.63) is 59.4 Å². The molecule has 1 aliphatic heterocycles. The zero-order valence-electron chi connectivity index (χ0n) is 18.5. The summed E-state index contributed by atoms with van der Waals surface area (Å²) in [6.45, 7) is 6.28. The first kappa shape index (κ1) is 23.8. The van der Waals surface area contributed by atoms with Gasteiger partial charge in [0, 0.05) is 48.5 Å². The van der Waals surface area contributed by atoms with Gasteiger partial charge in [-0.15, -0.1) is 0 Å². The minimum absolute atomic E-state index is 0.142. The molecular formula is C24H28N2O5S. The Morgan fingerprint density at radius 2 is 1.88 bits per heavy atom. The number of aromatic nitrogens is 1. The molecule has 2 heterocycles. The van der Waals surface area contributed by atoms with Crippen LogP contribution < -0.4 is 10.1 Å². The number of pyridine rings is 1. The Bertz CT molecular complexity index is 944. The zero-order chi connectivity index (χ0) is 23.1. The molecule has 1 aromatic heterocycles. The average molecular weight is 457 g/mol. The van der Waals surface area contributed by atoms with E-state index in [2.05, 4.69) is 10.3 Å². The van der Waals surface area contributed by atoms with E-state index >= 15 is 0 Å². The number of hydrogen-bond acceptors (Lipinski definition) is 7. The third-order valence-electron chi connectivity index (χ3n) is 4.96. The summed E-state index contributed by atoms with van der Waals surface area (Å²) in [7, 11) is 0. The summed E-state index contributed by atoms with van der Waals surface area (Å²) in [4.78, 5) is 39.2. The number of carbonyl (C=O) groups excluding carboxylic acids is 3. The molecule has 2 atom stereocenters. The maximum Gasteiger partial charge on any atom is 0.306 e. The minimum atomic E-state index is -0.463. The Labute approximate surface area is 192 Å². The Balaban J connectivity index is 1.42. The van der Waals surface area contributed by atoms with E-state index in [1.54, 1.807) is 6.20 Å². The maximum absolute atomic E-state index is 11.8. The normalized spacial score (nSPS) is 16.7. The van der Waals surface area contributed by atoms with E-state index in [1.807, 2.05) is 57.2 Å². The lowest BCUT2D eigenvalue weighted by Crippen LogP contribution is -2.30. The molecule has 7 nitrogen and oxygen atoms in total. The first-order chi connectivity index (χ1) is 15.3. The first-order valence-electron chi connectivity index (χ1n) is 10.7. The van der Waals surface area contributed by atoms with Crippen LogP contribution in [-0.2, 0) is 27.2 Å². The topological polar surface area (TPSA) is 94.6 Å². The van der Waals surface area contributed by atoms with Crippen LogP contribution in [0, 0.1) is 5.92 Å². The number of benzene rings is 1. The van der Waals surface area contributed by atoms with Crippen molar-refractivity contribution < 1.29 is 23.9 Å². The third kappa shape index (κ3) is 7.09. The highest BCUT2D eigenvalue weighted by Crippen LogP contribution is 2.21. The second-order valence-electron chi connectivity index (χ2n) is 8.16. The van der Waals surface area contributed by atoms with Gasteiger partial charge in [0.05, 0.1) is 6.61 Å². The van der Waals surface area contributed by atoms with E-state index < -0.39 is 6.04 Å². The van der Waals surface area contributed by atoms with E-state index in [0.29, 0.717) is 25.9 Å². The van der Waals surface area contributed by atoms with Crippen molar-refractivity contribution in [3.63, 3.8) is 0 Å². The highest BCUT2D eigenvalue weighted by atomic mass is 32.2. The molecular weight excluding hydrogens is 428 g/mol. The summed E-state index contributed by atoms with van der Waals surface area (Å²) in [5.74, 6) is 0.798. The molecule has 3 rings (SSSR count). The fourth-order valence-electron chi connectivity index (χ4n) is 3.23. The van der Waals surface area contributed by atoms with E-state index in [-0.39, 0.29) is 28.3 Å². The molecule has 32 heavy (non-hydrogen) atoms. The van der Waals surface area contributed by atoms with Gasteiger partial charge < -0.3 is 14.8 Å². The summed E-state index contributed by atoms with van der Waals surface area (Å²) in [5.41, 5.74) is 2.70.